The third-order valence-electron chi connectivity index (χ3n) is 10.7. The first-order chi connectivity index (χ1) is 25.4. The quantitative estimate of drug-likeness (QED) is 0.287. The Hall–Kier alpha value is -4.35. The molecule has 7 atom stereocenters. The van der Waals surface area contributed by atoms with Crippen molar-refractivity contribution in [2.45, 2.75) is 127 Å². The standard InChI is InChI=1S/C37H50F3N5O9S/c1-21-11-7-8-12-23-19-36(23,31(48)44-55(51,52)35(6)15-16-35)43-29(46)27-18-24(53-32(49)41-26-14-10-9-13-25(26)37(38,39)40)20-45(27)30(47)28(22(2)17-21)42-33(50)54-34(3,4)5/h8-10,12-14,21-24,27-28H,7,11,15-20H2,1-6H3,(H,41,49)(H,42,50)(H,43,46)(H,44,48)/b12-8-/t21-,22+,23+,24+,27-,28-,36+/m0/s1. The molecule has 0 bridgehead atoms. The minimum atomic E-state index is -4.79. The number of sulfonamides is 1. The number of carbonyl (C=O) groups excluding carboxylic acids is 5. The highest BCUT2D eigenvalue weighted by molar-refractivity contribution is 7.91. The van der Waals surface area contributed by atoms with E-state index in [0.717, 1.165) is 23.1 Å². The molecule has 0 aromatic heterocycles. The minimum Gasteiger partial charge on any atom is -0.444 e. The molecule has 1 aromatic carbocycles. The molecule has 3 fully saturated rings. The molecule has 2 saturated carbocycles. The Morgan fingerprint density at radius 3 is 2.33 bits per heavy atom. The molecule has 2 aliphatic heterocycles. The van der Waals surface area contributed by atoms with Crippen LogP contribution in [0.25, 0.3) is 0 Å². The number of ether oxygens (including phenoxy) is 2. The summed E-state index contributed by atoms with van der Waals surface area (Å²) in [6.07, 6.45) is -2.33. The molecule has 4 aliphatic rings. The maximum absolute atomic E-state index is 14.5. The average molecular weight is 798 g/mol. The van der Waals surface area contributed by atoms with Gasteiger partial charge in [0.2, 0.25) is 21.8 Å². The van der Waals surface area contributed by atoms with Crippen LogP contribution >= 0.6 is 0 Å². The van der Waals surface area contributed by atoms with Crippen LogP contribution in [0.1, 0.15) is 92.1 Å². The third-order valence-corrected chi connectivity index (χ3v) is 12.8. The molecule has 1 saturated heterocycles. The summed E-state index contributed by atoms with van der Waals surface area (Å²) in [6, 6.07) is 1.65. The molecular weight excluding hydrogens is 747 g/mol. The molecule has 5 amide bonds. The van der Waals surface area contributed by atoms with E-state index in [-0.39, 0.29) is 18.8 Å². The number of amides is 5. The van der Waals surface area contributed by atoms with Gasteiger partial charge in [0.15, 0.2) is 0 Å². The molecule has 0 radical (unpaired) electrons. The van der Waals surface area contributed by atoms with E-state index in [1.54, 1.807) is 33.8 Å². The Balaban J connectivity index is 1.46. The second-order valence-corrected chi connectivity index (χ2v) is 18.7. The van der Waals surface area contributed by atoms with Crippen molar-refractivity contribution in [2.75, 3.05) is 11.9 Å². The van der Waals surface area contributed by atoms with Gasteiger partial charge in [0.25, 0.3) is 5.91 Å². The topological polar surface area (TPSA) is 189 Å². The number of carbonyl (C=O) groups is 5. The number of alkyl carbamates (subject to hydrolysis) is 1. The lowest BCUT2D eigenvalue weighted by molar-refractivity contribution is -0.142. The van der Waals surface area contributed by atoms with Gasteiger partial charge in [0.1, 0.15) is 29.3 Å². The number of alkyl halides is 3. The molecular formula is C37H50F3N5O9S. The van der Waals surface area contributed by atoms with Gasteiger partial charge in [-0.05, 0) is 90.2 Å². The number of nitrogens with zero attached hydrogens (tertiary/aromatic N) is 1. The lowest BCUT2D eigenvalue weighted by Gasteiger charge is -2.33. The number of rotatable bonds is 6. The van der Waals surface area contributed by atoms with E-state index in [2.05, 4.69) is 20.7 Å². The van der Waals surface area contributed by atoms with Crippen molar-refractivity contribution >= 4 is 45.6 Å². The Morgan fingerprint density at radius 2 is 1.69 bits per heavy atom. The molecule has 14 nitrogen and oxygen atoms in total. The first kappa shape index (κ1) is 41.8. The lowest BCUT2D eigenvalue weighted by Crippen LogP contribution is -2.59. The highest BCUT2D eigenvalue weighted by Crippen LogP contribution is 2.47. The Morgan fingerprint density at radius 1 is 1.02 bits per heavy atom. The Labute approximate surface area is 318 Å². The van der Waals surface area contributed by atoms with Gasteiger partial charge >= 0.3 is 18.4 Å². The van der Waals surface area contributed by atoms with Crippen LogP contribution in [-0.4, -0.2) is 83.8 Å². The van der Waals surface area contributed by atoms with E-state index in [1.165, 1.54) is 13.0 Å². The summed E-state index contributed by atoms with van der Waals surface area (Å²) in [5.74, 6) is -3.51. The van der Waals surface area contributed by atoms with Crippen molar-refractivity contribution in [2.24, 2.45) is 17.8 Å². The van der Waals surface area contributed by atoms with Crippen molar-refractivity contribution in [3.8, 4) is 0 Å². The Bertz CT molecular complexity index is 1830. The zero-order chi connectivity index (χ0) is 40.7. The molecule has 0 unspecified atom stereocenters. The predicted octanol–water partition coefficient (Wildman–Crippen LogP) is 5.00. The van der Waals surface area contributed by atoms with Crippen molar-refractivity contribution < 1.29 is 55.0 Å². The fraction of sp³-hybridized carbons (Fsp3) is 0.649. The summed E-state index contributed by atoms with van der Waals surface area (Å²) in [7, 11) is -4.09. The minimum absolute atomic E-state index is 0.0469. The van der Waals surface area contributed by atoms with Crippen LogP contribution in [0, 0.1) is 17.8 Å². The number of nitrogens with one attached hydrogen (secondary N) is 4. The number of halogens is 3. The van der Waals surface area contributed by atoms with Crippen LogP contribution in [0.15, 0.2) is 36.4 Å². The zero-order valence-electron chi connectivity index (χ0n) is 31.7. The van der Waals surface area contributed by atoms with Crippen LogP contribution in [0.2, 0.25) is 0 Å². The molecule has 4 N–H and O–H groups in total. The van der Waals surface area contributed by atoms with E-state index in [0.29, 0.717) is 32.1 Å². The number of fused-ring (bicyclic) bond motifs is 2. The van der Waals surface area contributed by atoms with Gasteiger partial charge in [-0.1, -0.05) is 38.1 Å². The summed E-state index contributed by atoms with van der Waals surface area (Å²) in [5.41, 5.74) is -4.27. The average Bonchev–Trinajstić information content (AvgIpc) is 3.94. The van der Waals surface area contributed by atoms with Crippen molar-refractivity contribution in [1.82, 2.24) is 20.3 Å². The molecule has 1 aromatic rings. The Kier molecular flexibility index (Phi) is 11.6. The van der Waals surface area contributed by atoms with Crippen LogP contribution < -0.4 is 20.7 Å². The molecule has 2 heterocycles. The van der Waals surface area contributed by atoms with Crippen molar-refractivity contribution in [1.29, 1.82) is 0 Å². The molecule has 0 spiro atoms. The highest BCUT2D eigenvalue weighted by Gasteiger charge is 2.63. The number of anilines is 1. The van der Waals surface area contributed by atoms with Gasteiger partial charge in [-0.3, -0.25) is 24.4 Å². The summed E-state index contributed by atoms with van der Waals surface area (Å²) < 4.78 is 79.1. The lowest BCUT2D eigenvalue weighted by atomic mass is 9.88. The van der Waals surface area contributed by atoms with Gasteiger partial charge in [0, 0.05) is 12.3 Å². The smallest absolute Gasteiger partial charge is 0.418 e. The fourth-order valence-corrected chi connectivity index (χ4v) is 8.47. The van der Waals surface area contributed by atoms with Gasteiger partial charge in [-0.15, -0.1) is 0 Å². The van der Waals surface area contributed by atoms with Crippen LogP contribution in [0.4, 0.5) is 28.4 Å². The number of hydrogen-bond acceptors (Lipinski definition) is 9. The molecule has 5 rings (SSSR count). The van der Waals surface area contributed by atoms with Gasteiger partial charge in [-0.2, -0.15) is 13.2 Å². The van der Waals surface area contributed by atoms with E-state index in [9.17, 15) is 45.6 Å². The van der Waals surface area contributed by atoms with Gasteiger partial charge in [0.05, 0.1) is 22.5 Å². The van der Waals surface area contributed by atoms with Crippen molar-refractivity contribution in [3.63, 3.8) is 0 Å². The second-order valence-electron chi connectivity index (χ2n) is 16.5. The summed E-state index contributed by atoms with van der Waals surface area (Å²) in [4.78, 5) is 69.8. The molecule has 18 heteroatoms. The van der Waals surface area contributed by atoms with Gasteiger partial charge < -0.3 is 25.0 Å². The monoisotopic (exact) mass is 797 g/mol. The largest absolute Gasteiger partial charge is 0.444 e. The van der Waals surface area contributed by atoms with E-state index in [4.69, 9.17) is 9.47 Å². The predicted molar refractivity (Wildman–Crippen MR) is 194 cm³/mol. The fourth-order valence-electron chi connectivity index (χ4n) is 7.16. The summed E-state index contributed by atoms with van der Waals surface area (Å²) in [5, 5.41) is 7.47. The zero-order valence-corrected chi connectivity index (χ0v) is 32.6. The van der Waals surface area contributed by atoms with Crippen LogP contribution in [0.3, 0.4) is 0 Å². The van der Waals surface area contributed by atoms with E-state index >= 15 is 0 Å². The molecule has 2 aliphatic carbocycles. The van der Waals surface area contributed by atoms with E-state index in [1.807, 2.05) is 13.0 Å². The molecule has 55 heavy (non-hydrogen) atoms. The maximum atomic E-state index is 14.5. The van der Waals surface area contributed by atoms with Crippen LogP contribution in [-0.2, 0) is 40.1 Å². The number of hydrogen-bond donors (Lipinski definition) is 4. The number of allylic oxidation sites excluding steroid dienone is 1. The first-order valence-electron chi connectivity index (χ1n) is 18.4. The highest BCUT2D eigenvalue weighted by atomic mass is 32.2. The SMILES string of the molecule is C[C@H]1CC/C=C\[C@@H]2C[C@@]2(C(=O)NS(=O)(=O)C2(C)CC2)NC(=O)[C@@H]2C[C@@H](OC(=O)Nc3ccccc3C(F)(F)F)CN2C(=O)[C@@H](NC(=O)OC(C)(C)C)[C@H](C)C1. The van der Waals surface area contributed by atoms with Crippen LogP contribution in [0.5, 0.6) is 0 Å². The third kappa shape index (κ3) is 9.73. The normalized spacial score (nSPS) is 30.2. The number of para-hydroxylation sites is 1. The molecule has 304 valence electrons. The van der Waals surface area contributed by atoms with Crippen molar-refractivity contribution in [3.05, 3.63) is 42.0 Å². The van der Waals surface area contributed by atoms with E-state index < -0.39 is 110 Å². The summed E-state index contributed by atoms with van der Waals surface area (Å²) in [6.45, 7) is 9.83. The summed E-state index contributed by atoms with van der Waals surface area (Å²) >= 11 is 0. The maximum Gasteiger partial charge on any atom is 0.418 e. The first-order valence-corrected chi connectivity index (χ1v) is 19.9. The second kappa shape index (κ2) is 15.3. The van der Waals surface area contributed by atoms with Gasteiger partial charge in [-0.25, -0.2) is 18.0 Å². The number of benzene rings is 1.